The van der Waals surface area contributed by atoms with Gasteiger partial charge in [-0.05, 0) is 36.2 Å². The summed E-state index contributed by atoms with van der Waals surface area (Å²) < 4.78 is 6.48. The number of hydrogen-bond donors (Lipinski definition) is 1. The van der Waals surface area contributed by atoms with Gasteiger partial charge in [0.2, 0.25) is 0 Å². The van der Waals surface area contributed by atoms with Crippen LogP contribution in [0.25, 0.3) is 0 Å². The van der Waals surface area contributed by atoms with Crippen LogP contribution in [0.1, 0.15) is 30.5 Å². The monoisotopic (exact) mass is 367 g/mol. The number of hydrogen-bond acceptors (Lipinski definition) is 2. The highest BCUT2D eigenvalue weighted by Gasteiger charge is 2.12. The molecule has 0 aliphatic rings. The van der Waals surface area contributed by atoms with E-state index in [0.29, 0.717) is 6.54 Å². The SMILES string of the molecule is CCC(NCc1c(Cl)cccc1OC)c1cccc(Br)c1. The van der Waals surface area contributed by atoms with Gasteiger partial charge < -0.3 is 10.1 Å². The average molecular weight is 369 g/mol. The highest BCUT2D eigenvalue weighted by atomic mass is 79.9. The van der Waals surface area contributed by atoms with Crippen LogP contribution in [0, 0.1) is 0 Å². The van der Waals surface area contributed by atoms with Crippen LogP contribution in [0.2, 0.25) is 5.02 Å². The maximum absolute atomic E-state index is 6.28. The number of benzene rings is 2. The van der Waals surface area contributed by atoms with Gasteiger partial charge in [0.25, 0.3) is 0 Å². The Bertz CT molecular complexity index is 603. The molecule has 0 spiro atoms. The van der Waals surface area contributed by atoms with Gasteiger partial charge in [-0.3, -0.25) is 0 Å². The maximum Gasteiger partial charge on any atom is 0.124 e. The highest BCUT2D eigenvalue weighted by Crippen LogP contribution is 2.27. The van der Waals surface area contributed by atoms with Crippen molar-refractivity contribution in [2.45, 2.75) is 25.9 Å². The van der Waals surface area contributed by atoms with Gasteiger partial charge in [0.1, 0.15) is 5.75 Å². The first-order valence-electron chi connectivity index (χ1n) is 6.96. The Hall–Kier alpha value is -1.03. The van der Waals surface area contributed by atoms with Crippen molar-refractivity contribution in [3.05, 3.63) is 63.1 Å². The van der Waals surface area contributed by atoms with Crippen molar-refractivity contribution < 1.29 is 4.74 Å². The molecule has 2 nitrogen and oxygen atoms in total. The van der Waals surface area contributed by atoms with Crippen molar-refractivity contribution in [1.29, 1.82) is 0 Å². The summed E-state index contributed by atoms with van der Waals surface area (Å²) in [6.07, 6.45) is 1.00. The Labute approximate surface area is 139 Å². The van der Waals surface area contributed by atoms with Gasteiger partial charge in [-0.2, -0.15) is 0 Å². The van der Waals surface area contributed by atoms with Gasteiger partial charge in [0.15, 0.2) is 0 Å². The molecule has 1 N–H and O–H groups in total. The second-order valence-corrected chi connectivity index (χ2v) is 6.14. The fraction of sp³-hybridized carbons (Fsp3) is 0.294. The zero-order chi connectivity index (χ0) is 15.2. The van der Waals surface area contributed by atoms with Gasteiger partial charge in [-0.25, -0.2) is 0 Å². The molecule has 0 amide bonds. The molecule has 2 rings (SSSR count). The molecular formula is C17H19BrClNO. The lowest BCUT2D eigenvalue weighted by molar-refractivity contribution is 0.404. The highest BCUT2D eigenvalue weighted by molar-refractivity contribution is 9.10. The van der Waals surface area contributed by atoms with E-state index in [4.69, 9.17) is 16.3 Å². The number of ether oxygens (including phenoxy) is 1. The van der Waals surface area contributed by atoms with Crippen molar-refractivity contribution in [2.75, 3.05) is 7.11 Å². The third-order valence-corrected chi connectivity index (χ3v) is 4.33. The quantitative estimate of drug-likeness (QED) is 0.742. The molecule has 4 heteroatoms. The summed E-state index contributed by atoms with van der Waals surface area (Å²) in [5.41, 5.74) is 2.26. The lowest BCUT2D eigenvalue weighted by Gasteiger charge is -2.19. The van der Waals surface area contributed by atoms with Crippen LogP contribution in [0.3, 0.4) is 0 Å². The lowest BCUT2D eigenvalue weighted by atomic mass is 10.0. The lowest BCUT2D eigenvalue weighted by Crippen LogP contribution is -2.20. The molecule has 0 aliphatic heterocycles. The van der Waals surface area contributed by atoms with Gasteiger partial charge in [-0.15, -0.1) is 0 Å². The second kappa shape index (κ2) is 7.83. The Morgan fingerprint density at radius 1 is 1.24 bits per heavy atom. The van der Waals surface area contributed by atoms with Crippen LogP contribution in [0.15, 0.2) is 46.9 Å². The van der Waals surface area contributed by atoms with E-state index in [-0.39, 0.29) is 6.04 Å². The summed E-state index contributed by atoms with van der Waals surface area (Å²) >= 11 is 9.80. The van der Waals surface area contributed by atoms with E-state index in [2.05, 4.69) is 46.4 Å². The number of rotatable bonds is 6. The molecule has 0 heterocycles. The summed E-state index contributed by atoms with van der Waals surface area (Å²) in [7, 11) is 1.67. The third kappa shape index (κ3) is 4.22. The molecule has 0 saturated heterocycles. The van der Waals surface area contributed by atoms with Crippen molar-refractivity contribution in [1.82, 2.24) is 5.32 Å². The van der Waals surface area contributed by atoms with Crippen LogP contribution in [-0.2, 0) is 6.54 Å². The molecule has 2 aromatic rings. The first-order valence-corrected chi connectivity index (χ1v) is 8.13. The zero-order valence-electron chi connectivity index (χ0n) is 12.2. The maximum atomic E-state index is 6.28. The van der Waals surface area contributed by atoms with E-state index in [1.807, 2.05) is 24.3 Å². The Balaban J connectivity index is 2.14. The fourth-order valence-corrected chi connectivity index (χ4v) is 3.00. The second-order valence-electron chi connectivity index (χ2n) is 4.82. The van der Waals surface area contributed by atoms with Crippen LogP contribution in [0.5, 0.6) is 5.75 Å². The molecule has 0 fully saturated rings. The molecule has 1 unspecified atom stereocenters. The Morgan fingerprint density at radius 3 is 2.67 bits per heavy atom. The number of nitrogens with one attached hydrogen (secondary N) is 1. The molecule has 2 aromatic carbocycles. The molecule has 1 atom stereocenters. The normalized spacial score (nSPS) is 12.2. The molecular weight excluding hydrogens is 350 g/mol. The summed E-state index contributed by atoms with van der Waals surface area (Å²) in [5.74, 6) is 0.819. The van der Waals surface area contributed by atoms with Crippen molar-refractivity contribution >= 4 is 27.5 Å². The molecule has 0 radical (unpaired) electrons. The first-order chi connectivity index (χ1) is 10.2. The summed E-state index contributed by atoms with van der Waals surface area (Å²) in [5, 5.41) is 4.29. The van der Waals surface area contributed by atoms with Gasteiger partial charge in [0.05, 0.1) is 7.11 Å². The summed E-state index contributed by atoms with van der Waals surface area (Å²) in [6, 6.07) is 14.4. The van der Waals surface area contributed by atoms with Crippen molar-refractivity contribution in [3.63, 3.8) is 0 Å². The van der Waals surface area contributed by atoms with Crippen molar-refractivity contribution in [2.24, 2.45) is 0 Å². The number of halogens is 2. The van der Waals surface area contributed by atoms with E-state index in [1.165, 1.54) is 5.56 Å². The minimum Gasteiger partial charge on any atom is -0.496 e. The smallest absolute Gasteiger partial charge is 0.124 e. The largest absolute Gasteiger partial charge is 0.496 e. The molecule has 112 valence electrons. The van der Waals surface area contributed by atoms with Gasteiger partial charge >= 0.3 is 0 Å². The topological polar surface area (TPSA) is 21.3 Å². The van der Waals surface area contributed by atoms with E-state index in [9.17, 15) is 0 Å². The van der Waals surface area contributed by atoms with Crippen LogP contribution < -0.4 is 10.1 Å². The zero-order valence-corrected chi connectivity index (χ0v) is 14.5. The number of methoxy groups -OCH3 is 1. The van der Waals surface area contributed by atoms with E-state index in [1.54, 1.807) is 7.11 Å². The van der Waals surface area contributed by atoms with Crippen LogP contribution in [-0.4, -0.2) is 7.11 Å². The molecule has 0 bridgehead atoms. The Kier molecular flexibility index (Phi) is 6.09. The van der Waals surface area contributed by atoms with Gasteiger partial charge in [0, 0.05) is 27.6 Å². The molecule has 0 aliphatic carbocycles. The standard InChI is InChI=1S/C17H19BrClNO/c1-3-16(12-6-4-7-13(18)10-12)20-11-14-15(19)8-5-9-17(14)21-2/h4-10,16,20H,3,11H2,1-2H3. The summed E-state index contributed by atoms with van der Waals surface area (Å²) in [4.78, 5) is 0. The predicted octanol–water partition coefficient (Wildman–Crippen LogP) is 5.35. The predicted molar refractivity (Wildman–Crippen MR) is 92.0 cm³/mol. The van der Waals surface area contributed by atoms with E-state index < -0.39 is 0 Å². The average Bonchev–Trinajstić information content (AvgIpc) is 2.49. The van der Waals surface area contributed by atoms with Crippen LogP contribution in [0.4, 0.5) is 0 Å². The fourth-order valence-electron chi connectivity index (χ4n) is 2.35. The summed E-state index contributed by atoms with van der Waals surface area (Å²) in [6.45, 7) is 2.84. The van der Waals surface area contributed by atoms with Gasteiger partial charge in [-0.1, -0.05) is 52.7 Å². The molecule has 0 saturated carbocycles. The first kappa shape index (κ1) is 16.3. The third-order valence-electron chi connectivity index (χ3n) is 3.48. The Morgan fingerprint density at radius 2 is 2.00 bits per heavy atom. The minimum atomic E-state index is 0.281. The van der Waals surface area contributed by atoms with E-state index in [0.717, 1.165) is 27.2 Å². The molecule has 21 heavy (non-hydrogen) atoms. The van der Waals surface area contributed by atoms with Crippen LogP contribution >= 0.6 is 27.5 Å². The van der Waals surface area contributed by atoms with E-state index >= 15 is 0 Å². The molecule has 0 aromatic heterocycles. The minimum absolute atomic E-state index is 0.281. The van der Waals surface area contributed by atoms with Crippen molar-refractivity contribution in [3.8, 4) is 5.75 Å².